The summed E-state index contributed by atoms with van der Waals surface area (Å²) in [6.45, 7) is 1.54. The Hall–Kier alpha value is -3.76. The molecule has 2 N–H and O–H groups in total. The monoisotopic (exact) mass is 501 g/mol. The van der Waals surface area contributed by atoms with Crippen molar-refractivity contribution in [2.75, 3.05) is 7.11 Å². The summed E-state index contributed by atoms with van der Waals surface area (Å²) in [6, 6.07) is 5.49. The maximum Gasteiger partial charge on any atom is 0.330 e. The molecule has 1 aliphatic heterocycles. The summed E-state index contributed by atoms with van der Waals surface area (Å²) >= 11 is 1.17. The molecular weight excluding hydrogens is 477 g/mol. The summed E-state index contributed by atoms with van der Waals surface area (Å²) < 4.78 is 28.5. The van der Waals surface area contributed by atoms with Crippen LogP contribution in [-0.4, -0.2) is 40.3 Å². The zero-order valence-electron chi connectivity index (χ0n) is 19.1. The highest BCUT2D eigenvalue weighted by Gasteiger charge is 2.29. The highest BCUT2D eigenvalue weighted by Crippen LogP contribution is 2.30. The van der Waals surface area contributed by atoms with E-state index >= 15 is 0 Å². The number of aliphatic hydroxyl groups excluding tert-OH is 2. The number of thiazole rings is 1. The van der Waals surface area contributed by atoms with Crippen LogP contribution < -0.4 is 4.74 Å². The molecule has 0 radical (unpaired) electrons. The van der Waals surface area contributed by atoms with Crippen molar-refractivity contribution in [2.24, 2.45) is 0 Å². The second-order valence-corrected chi connectivity index (χ2v) is 8.46. The number of aliphatic hydroxyl groups is 2. The first kappa shape index (κ1) is 25.9. The molecule has 0 saturated heterocycles. The molecule has 2 heterocycles. The highest BCUT2D eigenvalue weighted by atomic mass is 32.1. The zero-order valence-corrected chi connectivity index (χ0v) is 19.9. The van der Waals surface area contributed by atoms with E-state index in [4.69, 9.17) is 9.47 Å². The van der Waals surface area contributed by atoms with Crippen molar-refractivity contribution in [2.45, 2.75) is 32.5 Å². The summed E-state index contributed by atoms with van der Waals surface area (Å²) in [5.41, 5.74) is -0.0173. The number of benzene rings is 1. The lowest BCUT2D eigenvalue weighted by Crippen LogP contribution is -2.26. The van der Waals surface area contributed by atoms with Gasteiger partial charge >= 0.3 is 5.97 Å². The van der Waals surface area contributed by atoms with E-state index < -0.39 is 18.0 Å². The first-order valence-corrected chi connectivity index (χ1v) is 11.4. The molecule has 184 valence electrons. The second kappa shape index (κ2) is 12.1. The number of methoxy groups -OCH3 is 1. The van der Waals surface area contributed by atoms with E-state index in [-0.39, 0.29) is 22.7 Å². The van der Waals surface area contributed by atoms with Crippen LogP contribution >= 0.6 is 11.3 Å². The van der Waals surface area contributed by atoms with Gasteiger partial charge in [-0.05, 0) is 55.7 Å². The summed E-state index contributed by atoms with van der Waals surface area (Å²) in [5.74, 6) is -1.04. The van der Waals surface area contributed by atoms with Gasteiger partial charge in [0.25, 0.3) is 5.19 Å². The first-order valence-electron chi connectivity index (χ1n) is 10.6. The minimum Gasteiger partial charge on any atom is -0.507 e. The number of nitrogens with zero attached hydrogens (tertiary/aromatic N) is 1. The van der Waals surface area contributed by atoms with Gasteiger partial charge in [0.05, 0.1) is 12.0 Å². The fraction of sp³-hybridized carbons (Fsp3) is 0.240. The third-order valence-corrected chi connectivity index (χ3v) is 5.64. The molecule has 0 fully saturated rings. The van der Waals surface area contributed by atoms with Gasteiger partial charge in [0.1, 0.15) is 28.7 Å². The van der Waals surface area contributed by atoms with Gasteiger partial charge in [0.15, 0.2) is 5.78 Å². The van der Waals surface area contributed by atoms with Crippen LogP contribution in [0, 0.1) is 5.82 Å². The molecule has 1 aromatic carbocycles. The van der Waals surface area contributed by atoms with Crippen LogP contribution in [0.2, 0.25) is 0 Å². The molecular formula is C25H24FNO7S. The van der Waals surface area contributed by atoms with Gasteiger partial charge in [-0.2, -0.15) is 0 Å². The number of rotatable bonds is 10. The predicted octanol–water partition coefficient (Wildman–Crippen LogP) is 4.99. The number of halogens is 1. The van der Waals surface area contributed by atoms with Crippen molar-refractivity contribution in [3.05, 3.63) is 82.0 Å². The normalized spacial score (nSPS) is 16.2. The first-order chi connectivity index (χ1) is 16.8. The van der Waals surface area contributed by atoms with Crippen LogP contribution in [0.25, 0.3) is 6.08 Å². The fourth-order valence-electron chi connectivity index (χ4n) is 3.07. The smallest absolute Gasteiger partial charge is 0.330 e. The number of esters is 1. The molecule has 1 aliphatic rings. The molecule has 3 rings (SSSR count). The Bertz CT molecular complexity index is 1190. The highest BCUT2D eigenvalue weighted by molar-refractivity contribution is 7.14. The van der Waals surface area contributed by atoms with Crippen LogP contribution in [-0.2, 0) is 19.1 Å². The third-order valence-electron chi connectivity index (χ3n) is 4.82. The average molecular weight is 502 g/mol. The molecule has 8 nitrogen and oxygen atoms in total. The number of hydrogen-bond donors (Lipinski definition) is 2. The third kappa shape index (κ3) is 7.36. The Morgan fingerprint density at radius 3 is 2.71 bits per heavy atom. The maximum atomic E-state index is 13.0. The summed E-state index contributed by atoms with van der Waals surface area (Å²) in [4.78, 5) is 28.6. The van der Waals surface area contributed by atoms with E-state index in [0.29, 0.717) is 40.8 Å². The molecule has 1 atom stereocenters. The number of Topliss-reactive ketones (excluding diaryl/α,β-unsaturated/α-hetero) is 1. The van der Waals surface area contributed by atoms with E-state index in [1.54, 1.807) is 19.1 Å². The topological polar surface area (TPSA) is 115 Å². The van der Waals surface area contributed by atoms with Crippen molar-refractivity contribution in [3.8, 4) is 10.9 Å². The number of allylic oxidation sites excluding steroid dienone is 4. The van der Waals surface area contributed by atoms with Crippen LogP contribution in [0.4, 0.5) is 4.39 Å². The van der Waals surface area contributed by atoms with Gasteiger partial charge in [-0.3, -0.25) is 4.79 Å². The Morgan fingerprint density at radius 2 is 2.03 bits per heavy atom. The van der Waals surface area contributed by atoms with E-state index in [1.165, 1.54) is 61.1 Å². The molecule has 2 aromatic rings. The number of carbonyl (C=O) groups is 2. The van der Waals surface area contributed by atoms with Crippen molar-refractivity contribution >= 4 is 29.2 Å². The van der Waals surface area contributed by atoms with Gasteiger partial charge < -0.3 is 24.4 Å². The molecule has 0 amide bonds. The summed E-state index contributed by atoms with van der Waals surface area (Å²) in [6.07, 6.45) is 7.26. The average Bonchev–Trinajstić information content (AvgIpc) is 3.26. The van der Waals surface area contributed by atoms with Gasteiger partial charge in [-0.15, -0.1) is 0 Å². The molecule has 0 saturated carbocycles. The standard InChI is InChI=1S/C25H24FNO7S/c1-15(12-19-14-27-25(35-19)34-17-10-8-16(26)9-11-17)23(30)22-20(28)13-18(33-24(22)31)6-4-3-5-7-21(29)32-2/h5,7-14,24,28,31H,3-4,6H2,1-2H3/b7-5+,15-12+. The number of ether oxygens (including phenoxy) is 3. The molecule has 1 aromatic heterocycles. The number of unbranched alkanes of at least 4 members (excludes halogenated alkanes) is 1. The maximum absolute atomic E-state index is 13.0. The number of ketones is 1. The van der Waals surface area contributed by atoms with Gasteiger partial charge in [-0.1, -0.05) is 17.4 Å². The van der Waals surface area contributed by atoms with Gasteiger partial charge in [0, 0.05) is 24.8 Å². The molecule has 10 heteroatoms. The van der Waals surface area contributed by atoms with Gasteiger partial charge in [0.2, 0.25) is 6.29 Å². The quantitative estimate of drug-likeness (QED) is 0.266. The van der Waals surface area contributed by atoms with Crippen molar-refractivity contribution in [1.29, 1.82) is 0 Å². The van der Waals surface area contributed by atoms with Crippen molar-refractivity contribution in [1.82, 2.24) is 4.98 Å². The molecule has 0 spiro atoms. The SMILES string of the molecule is COC(=O)/C=C/CCCC1=CC(O)=C(C(=O)/C(C)=C/c2cnc(Oc3ccc(F)cc3)s2)C(O)O1. The van der Waals surface area contributed by atoms with Gasteiger partial charge in [-0.25, -0.2) is 14.2 Å². The van der Waals surface area contributed by atoms with Crippen LogP contribution in [0.15, 0.2) is 71.4 Å². The predicted molar refractivity (Wildman–Crippen MR) is 127 cm³/mol. The number of aromatic nitrogens is 1. The van der Waals surface area contributed by atoms with Crippen LogP contribution in [0.5, 0.6) is 10.9 Å². The Morgan fingerprint density at radius 1 is 1.29 bits per heavy atom. The summed E-state index contributed by atoms with van der Waals surface area (Å²) in [5, 5.41) is 21.0. The van der Waals surface area contributed by atoms with Crippen LogP contribution in [0.3, 0.4) is 0 Å². The Kier molecular flexibility index (Phi) is 8.93. The van der Waals surface area contributed by atoms with E-state index in [2.05, 4.69) is 9.72 Å². The zero-order chi connectivity index (χ0) is 25.4. The van der Waals surface area contributed by atoms with E-state index in [1.807, 2.05) is 0 Å². The molecule has 1 unspecified atom stereocenters. The molecule has 0 bridgehead atoms. The number of carbonyl (C=O) groups excluding carboxylic acids is 2. The molecule has 35 heavy (non-hydrogen) atoms. The Balaban J connectivity index is 1.63. The van der Waals surface area contributed by atoms with E-state index in [9.17, 15) is 24.2 Å². The van der Waals surface area contributed by atoms with E-state index in [0.717, 1.165) is 0 Å². The number of hydrogen-bond acceptors (Lipinski definition) is 9. The largest absolute Gasteiger partial charge is 0.507 e. The second-order valence-electron chi connectivity index (χ2n) is 7.44. The fourth-order valence-corrected chi connectivity index (χ4v) is 3.86. The lowest BCUT2D eigenvalue weighted by Gasteiger charge is -2.23. The van der Waals surface area contributed by atoms with Crippen molar-refractivity contribution in [3.63, 3.8) is 0 Å². The van der Waals surface area contributed by atoms with Crippen molar-refractivity contribution < 1.29 is 38.4 Å². The van der Waals surface area contributed by atoms with Crippen LogP contribution in [0.1, 0.15) is 31.1 Å². The Labute approximate surface area is 205 Å². The summed E-state index contributed by atoms with van der Waals surface area (Å²) in [7, 11) is 1.29. The minimum atomic E-state index is -1.62. The lowest BCUT2D eigenvalue weighted by molar-refractivity contribution is -0.134. The minimum absolute atomic E-state index is 0.246. The lowest BCUT2D eigenvalue weighted by atomic mass is 10.00. The molecule has 0 aliphatic carbocycles.